The zero-order chi connectivity index (χ0) is 11.2. The first-order valence-electron chi connectivity index (χ1n) is 5.16. The molecule has 0 aromatic carbocycles. The predicted molar refractivity (Wildman–Crippen MR) is 54.5 cm³/mol. The van der Waals surface area contributed by atoms with Crippen molar-refractivity contribution in [1.29, 1.82) is 0 Å². The molecule has 0 radical (unpaired) electrons. The summed E-state index contributed by atoms with van der Waals surface area (Å²) >= 11 is 0. The highest BCUT2D eigenvalue weighted by Crippen LogP contribution is 2.08. The topological polar surface area (TPSA) is 89.7 Å². The second-order valence-electron chi connectivity index (χ2n) is 3.21. The summed E-state index contributed by atoms with van der Waals surface area (Å²) in [7, 11) is 0. The van der Waals surface area contributed by atoms with Gasteiger partial charge in [-0.15, -0.1) is 0 Å². The Bertz CT molecular complexity index is 411. The van der Waals surface area contributed by atoms with Gasteiger partial charge in [-0.25, -0.2) is 4.98 Å². The Balaban J connectivity index is 1.88. The molecule has 0 aliphatic heterocycles. The van der Waals surface area contributed by atoms with Crippen LogP contribution in [0.4, 0.5) is 0 Å². The van der Waals surface area contributed by atoms with Crippen LogP contribution in [-0.2, 0) is 11.2 Å². The van der Waals surface area contributed by atoms with E-state index >= 15 is 0 Å². The highest BCUT2D eigenvalue weighted by atomic mass is 16.5. The fraction of sp³-hybridized carbons (Fsp3) is 0.556. The highest BCUT2D eigenvalue weighted by molar-refractivity contribution is 5.39. The van der Waals surface area contributed by atoms with Crippen molar-refractivity contribution in [3.05, 3.63) is 12.2 Å². The van der Waals surface area contributed by atoms with E-state index in [1.54, 1.807) is 0 Å². The van der Waals surface area contributed by atoms with Crippen LogP contribution in [0.1, 0.15) is 19.2 Å². The molecular weight excluding hydrogens is 210 g/mol. The minimum absolute atomic E-state index is 0.419. The number of nitrogens with one attached hydrogen (secondary N) is 1. The molecule has 0 aliphatic carbocycles. The van der Waals surface area contributed by atoms with Crippen LogP contribution in [0.5, 0.6) is 0 Å². The summed E-state index contributed by atoms with van der Waals surface area (Å²) in [5, 5.41) is 10.2. The van der Waals surface area contributed by atoms with E-state index in [1.807, 2.05) is 0 Å². The lowest BCUT2D eigenvalue weighted by Crippen LogP contribution is -1.99. The minimum Gasteiger partial charge on any atom is -0.381 e. The third kappa shape index (κ3) is 2.63. The molecule has 2 aromatic rings. The van der Waals surface area contributed by atoms with Gasteiger partial charge in [-0.05, 0) is 6.42 Å². The number of aromatic nitrogens is 5. The molecule has 16 heavy (non-hydrogen) atoms. The first kappa shape index (κ1) is 10.7. The first-order chi connectivity index (χ1) is 7.90. The molecule has 0 amide bonds. The van der Waals surface area contributed by atoms with Crippen molar-refractivity contribution in [1.82, 2.24) is 25.3 Å². The maximum Gasteiger partial charge on any atom is 0.239 e. The van der Waals surface area contributed by atoms with Gasteiger partial charge < -0.3 is 9.26 Å². The summed E-state index contributed by atoms with van der Waals surface area (Å²) in [4.78, 5) is 8.09. The standard InChI is InChI=1S/C9H13N5O2/c1-2-4-15-5-3-7-12-9(14-16-7)8-10-6-11-13-8/h6H,2-5H2,1H3,(H,10,11,13). The smallest absolute Gasteiger partial charge is 0.239 e. The molecule has 7 nitrogen and oxygen atoms in total. The van der Waals surface area contributed by atoms with Gasteiger partial charge in [0.1, 0.15) is 6.33 Å². The fourth-order valence-corrected chi connectivity index (χ4v) is 1.17. The molecule has 0 spiro atoms. The third-order valence-corrected chi connectivity index (χ3v) is 1.90. The van der Waals surface area contributed by atoms with Gasteiger partial charge in [0, 0.05) is 6.61 Å². The van der Waals surface area contributed by atoms with Gasteiger partial charge in [-0.1, -0.05) is 12.1 Å². The van der Waals surface area contributed by atoms with Gasteiger partial charge in [0.25, 0.3) is 0 Å². The summed E-state index contributed by atoms with van der Waals surface area (Å²) in [5.74, 6) is 1.47. The molecule has 0 unspecified atom stereocenters. The van der Waals surface area contributed by atoms with Crippen LogP contribution >= 0.6 is 0 Å². The van der Waals surface area contributed by atoms with Crippen LogP contribution in [-0.4, -0.2) is 38.5 Å². The SMILES string of the molecule is CCCOCCc1nc(-c2ncn[nH]2)no1. The van der Waals surface area contributed by atoms with Gasteiger partial charge in [0.15, 0.2) is 5.82 Å². The Morgan fingerprint density at radius 3 is 3.12 bits per heavy atom. The molecule has 86 valence electrons. The molecule has 2 heterocycles. The molecule has 0 atom stereocenters. The van der Waals surface area contributed by atoms with E-state index in [0.29, 0.717) is 30.6 Å². The van der Waals surface area contributed by atoms with E-state index in [1.165, 1.54) is 6.33 Å². The van der Waals surface area contributed by atoms with Gasteiger partial charge in [0.05, 0.1) is 13.0 Å². The number of hydrogen-bond acceptors (Lipinski definition) is 6. The van der Waals surface area contributed by atoms with Crippen LogP contribution in [0.2, 0.25) is 0 Å². The van der Waals surface area contributed by atoms with Crippen LogP contribution in [0, 0.1) is 0 Å². The lowest BCUT2D eigenvalue weighted by molar-refractivity contribution is 0.132. The lowest BCUT2D eigenvalue weighted by atomic mass is 10.4. The summed E-state index contributed by atoms with van der Waals surface area (Å²) in [6.45, 7) is 3.41. The second-order valence-corrected chi connectivity index (χ2v) is 3.21. The number of H-pyrrole nitrogens is 1. The van der Waals surface area contributed by atoms with Crippen LogP contribution in [0.15, 0.2) is 10.9 Å². The second kappa shape index (κ2) is 5.36. The summed E-state index contributed by atoms with van der Waals surface area (Å²) in [5.41, 5.74) is 0. The van der Waals surface area contributed by atoms with Gasteiger partial charge in [-0.2, -0.15) is 10.1 Å². The Morgan fingerprint density at radius 2 is 2.38 bits per heavy atom. The van der Waals surface area contributed by atoms with E-state index in [-0.39, 0.29) is 0 Å². The van der Waals surface area contributed by atoms with Gasteiger partial charge >= 0.3 is 0 Å². The molecule has 7 heteroatoms. The minimum atomic E-state index is 0.419. The van der Waals surface area contributed by atoms with Crippen molar-refractivity contribution in [2.24, 2.45) is 0 Å². The average molecular weight is 223 g/mol. The number of rotatable bonds is 6. The first-order valence-corrected chi connectivity index (χ1v) is 5.16. The molecule has 0 aliphatic rings. The third-order valence-electron chi connectivity index (χ3n) is 1.90. The highest BCUT2D eigenvalue weighted by Gasteiger charge is 2.10. The van der Waals surface area contributed by atoms with E-state index in [0.717, 1.165) is 13.0 Å². The Morgan fingerprint density at radius 1 is 1.44 bits per heavy atom. The number of nitrogens with zero attached hydrogens (tertiary/aromatic N) is 4. The normalized spacial score (nSPS) is 10.8. The molecule has 0 saturated heterocycles. The van der Waals surface area contributed by atoms with Crippen LogP contribution in [0.25, 0.3) is 11.6 Å². The Hall–Kier alpha value is -1.76. The average Bonchev–Trinajstić information content (AvgIpc) is 2.94. The molecule has 1 N–H and O–H groups in total. The molecular formula is C9H13N5O2. The number of ether oxygens (including phenoxy) is 1. The molecule has 0 bridgehead atoms. The maximum atomic E-state index is 5.32. The van der Waals surface area contributed by atoms with Crippen molar-refractivity contribution in [2.45, 2.75) is 19.8 Å². The summed E-state index contributed by atoms with van der Waals surface area (Å²) in [6.07, 6.45) is 3.02. The zero-order valence-corrected chi connectivity index (χ0v) is 9.01. The van der Waals surface area contributed by atoms with E-state index < -0.39 is 0 Å². The predicted octanol–water partition coefficient (Wildman–Crippen LogP) is 0.824. The lowest BCUT2D eigenvalue weighted by Gasteiger charge is -1.97. The molecule has 2 aromatic heterocycles. The van der Waals surface area contributed by atoms with Crippen molar-refractivity contribution in [2.75, 3.05) is 13.2 Å². The Kier molecular flexibility index (Phi) is 3.60. The van der Waals surface area contributed by atoms with Gasteiger partial charge in [-0.3, -0.25) is 5.10 Å². The van der Waals surface area contributed by atoms with Crippen LogP contribution < -0.4 is 0 Å². The fourth-order valence-electron chi connectivity index (χ4n) is 1.17. The number of aromatic amines is 1. The molecule has 0 saturated carbocycles. The Labute approximate surface area is 92.2 Å². The van der Waals surface area contributed by atoms with Crippen LogP contribution in [0.3, 0.4) is 0 Å². The van der Waals surface area contributed by atoms with Crippen molar-refractivity contribution >= 4 is 0 Å². The summed E-state index contributed by atoms with van der Waals surface area (Å²) in [6, 6.07) is 0. The summed E-state index contributed by atoms with van der Waals surface area (Å²) < 4.78 is 10.4. The number of hydrogen-bond donors (Lipinski definition) is 1. The quantitative estimate of drug-likeness (QED) is 0.729. The van der Waals surface area contributed by atoms with E-state index in [2.05, 4.69) is 32.2 Å². The van der Waals surface area contributed by atoms with Gasteiger partial charge in [0.2, 0.25) is 11.7 Å². The van der Waals surface area contributed by atoms with Crippen molar-refractivity contribution < 1.29 is 9.26 Å². The van der Waals surface area contributed by atoms with E-state index in [9.17, 15) is 0 Å². The maximum absolute atomic E-state index is 5.32. The zero-order valence-electron chi connectivity index (χ0n) is 9.01. The van der Waals surface area contributed by atoms with Crippen molar-refractivity contribution in [3.8, 4) is 11.6 Å². The molecule has 0 fully saturated rings. The molecule has 2 rings (SSSR count). The van der Waals surface area contributed by atoms with Crippen molar-refractivity contribution in [3.63, 3.8) is 0 Å². The largest absolute Gasteiger partial charge is 0.381 e. The monoisotopic (exact) mass is 223 g/mol. The van der Waals surface area contributed by atoms with E-state index in [4.69, 9.17) is 9.26 Å².